The van der Waals surface area contributed by atoms with Crippen molar-refractivity contribution in [1.82, 2.24) is 9.55 Å². The van der Waals surface area contributed by atoms with Crippen LogP contribution in [-0.4, -0.2) is 26.4 Å². The fourth-order valence-corrected chi connectivity index (χ4v) is 2.21. The van der Waals surface area contributed by atoms with E-state index in [9.17, 15) is 22.8 Å². The zero-order valence-corrected chi connectivity index (χ0v) is 11.0. The van der Waals surface area contributed by atoms with Crippen LogP contribution in [0.25, 0.3) is 5.69 Å². The van der Waals surface area contributed by atoms with E-state index >= 15 is 0 Å². The van der Waals surface area contributed by atoms with E-state index in [1.165, 1.54) is 6.20 Å². The number of benzene rings is 1. The Hall–Kier alpha value is -2.29. The highest BCUT2D eigenvalue weighted by Gasteiger charge is 2.14. The number of thioether (sulfide) groups is 1. The van der Waals surface area contributed by atoms with Crippen LogP contribution in [0.15, 0.2) is 34.3 Å². The topological polar surface area (TPSA) is 72.2 Å². The third-order valence-electron chi connectivity index (χ3n) is 2.35. The third kappa shape index (κ3) is 3.43. The van der Waals surface area contributed by atoms with Gasteiger partial charge in [-0.15, -0.1) is 0 Å². The first-order valence-corrected chi connectivity index (χ1v) is 6.46. The number of hydrogen-bond acceptors (Lipinski definition) is 4. The van der Waals surface area contributed by atoms with E-state index in [-0.39, 0.29) is 10.8 Å². The molecule has 1 aromatic heterocycles. The minimum Gasteiger partial charge on any atom is -0.481 e. The highest BCUT2D eigenvalue weighted by atomic mass is 32.2. The average molecular weight is 316 g/mol. The minimum absolute atomic E-state index is 0.0738. The van der Waals surface area contributed by atoms with E-state index in [2.05, 4.69) is 4.98 Å². The molecule has 1 aromatic carbocycles. The van der Waals surface area contributed by atoms with Crippen LogP contribution < -0.4 is 5.56 Å². The molecule has 1 heterocycles. The van der Waals surface area contributed by atoms with Gasteiger partial charge in [-0.25, -0.2) is 13.2 Å². The van der Waals surface area contributed by atoms with Crippen molar-refractivity contribution in [3.05, 3.63) is 52.2 Å². The van der Waals surface area contributed by atoms with Gasteiger partial charge in [-0.3, -0.25) is 14.2 Å². The third-order valence-corrected chi connectivity index (χ3v) is 3.29. The van der Waals surface area contributed by atoms with Gasteiger partial charge in [-0.1, -0.05) is 11.8 Å². The van der Waals surface area contributed by atoms with Crippen LogP contribution >= 0.6 is 11.8 Å². The van der Waals surface area contributed by atoms with Gasteiger partial charge in [0.25, 0.3) is 5.56 Å². The number of aliphatic carboxylic acids is 1. The molecule has 0 aliphatic rings. The molecule has 2 aromatic rings. The van der Waals surface area contributed by atoms with Crippen molar-refractivity contribution in [2.24, 2.45) is 0 Å². The Morgan fingerprint density at radius 3 is 2.48 bits per heavy atom. The molecule has 0 bridgehead atoms. The molecular weight excluding hydrogens is 309 g/mol. The second-order valence-corrected chi connectivity index (χ2v) is 4.77. The summed E-state index contributed by atoms with van der Waals surface area (Å²) in [5, 5.41) is 8.55. The summed E-state index contributed by atoms with van der Waals surface area (Å²) in [5.74, 6) is -5.98. The number of hydrogen-bond donors (Lipinski definition) is 1. The van der Waals surface area contributed by atoms with Crippen LogP contribution in [-0.2, 0) is 4.79 Å². The molecular formula is C12H7F3N2O3S. The van der Waals surface area contributed by atoms with Crippen LogP contribution in [0.5, 0.6) is 0 Å². The zero-order chi connectivity index (χ0) is 15.6. The lowest BCUT2D eigenvalue weighted by atomic mass is 10.3. The SMILES string of the molecule is O=C(O)CSc1nc(=O)ccn1-c1cc(F)c(F)c(F)c1. The van der Waals surface area contributed by atoms with Gasteiger partial charge in [0, 0.05) is 24.4 Å². The van der Waals surface area contributed by atoms with E-state index in [1.54, 1.807) is 0 Å². The summed E-state index contributed by atoms with van der Waals surface area (Å²) >= 11 is 0.694. The summed E-state index contributed by atoms with van der Waals surface area (Å²) in [4.78, 5) is 25.3. The second kappa shape index (κ2) is 6.00. The number of rotatable bonds is 4. The van der Waals surface area contributed by atoms with Crippen LogP contribution in [0.2, 0.25) is 0 Å². The monoisotopic (exact) mass is 316 g/mol. The fourth-order valence-electron chi connectivity index (χ4n) is 1.49. The molecule has 1 N–H and O–H groups in total. The standard InChI is InChI=1S/C12H7F3N2O3S/c13-7-3-6(4-8(14)11(7)15)17-2-1-9(18)16-12(17)21-5-10(19)20/h1-4H,5H2,(H,19,20). The molecule has 0 saturated heterocycles. The highest BCUT2D eigenvalue weighted by Crippen LogP contribution is 2.21. The van der Waals surface area contributed by atoms with Gasteiger partial charge in [0.05, 0.1) is 11.4 Å². The fraction of sp³-hybridized carbons (Fsp3) is 0.0833. The molecule has 0 spiro atoms. The minimum atomic E-state index is -1.62. The Labute approximate surface area is 120 Å². The molecule has 21 heavy (non-hydrogen) atoms. The lowest BCUT2D eigenvalue weighted by Gasteiger charge is -2.11. The van der Waals surface area contributed by atoms with Gasteiger partial charge in [-0.05, 0) is 0 Å². The van der Waals surface area contributed by atoms with E-state index in [0.29, 0.717) is 11.8 Å². The smallest absolute Gasteiger partial charge is 0.313 e. The van der Waals surface area contributed by atoms with Crippen molar-refractivity contribution in [3.63, 3.8) is 0 Å². The van der Waals surface area contributed by atoms with Crippen LogP contribution in [0.1, 0.15) is 0 Å². The summed E-state index contributed by atoms with van der Waals surface area (Å²) in [5.41, 5.74) is -0.756. The largest absolute Gasteiger partial charge is 0.481 e. The summed E-state index contributed by atoms with van der Waals surface area (Å²) in [6, 6.07) is 2.47. The van der Waals surface area contributed by atoms with Gasteiger partial charge in [0.2, 0.25) is 0 Å². The van der Waals surface area contributed by atoms with Crippen LogP contribution in [0, 0.1) is 17.5 Å². The molecule has 2 rings (SSSR count). The van der Waals surface area contributed by atoms with Gasteiger partial charge in [0.1, 0.15) is 0 Å². The van der Waals surface area contributed by atoms with Crippen molar-refractivity contribution < 1.29 is 23.1 Å². The summed E-state index contributed by atoms with van der Waals surface area (Å²) in [7, 11) is 0. The van der Waals surface area contributed by atoms with Gasteiger partial charge < -0.3 is 5.11 Å². The Kier molecular flexibility index (Phi) is 4.32. The molecule has 5 nitrogen and oxygen atoms in total. The molecule has 0 aliphatic carbocycles. The molecule has 0 atom stereocenters. The van der Waals surface area contributed by atoms with Crippen molar-refractivity contribution in [2.75, 3.05) is 5.75 Å². The maximum absolute atomic E-state index is 13.2. The lowest BCUT2D eigenvalue weighted by molar-refractivity contribution is -0.133. The first-order valence-electron chi connectivity index (χ1n) is 5.47. The number of aromatic nitrogens is 2. The Bertz CT molecular complexity index is 741. The second-order valence-electron chi connectivity index (χ2n) is 3.82. The molecule has 0 amide bonds. The number of halogens is 3. The first kappa shape index (κ1) is 15.1. The Morgan fingerprint density at radius 2 is 1.90 bits per heavy atom. The molecule has 0 aliphatic heterocycles. The maximum Gasteiger partial charge on any atom is 0.313 e. The average Bonchev–Trinajstić information content (AvgIpc) is 2.42. The van der Waals surface area contributed by atoms with Crippen LogP contribution in [0.3, 0.4) is 0 Å². The first-order chi connectivity index (χ1) is 9.88. The quantitative estimate of drug-likeness (QED) is 0.529. The van der Waals surface area contributed by atoms with Crippen molar-refractivity contribution >= 4 is 17.7 Å². The molecule has 110 valence electrons. The molecule has 0 radical (unpaired) electrons. The molecule has 0 unspecified atom stereocenters. The van der Waals surface area contributed by atoms with Crippen molar-refractivity contribution in [1.29, 1.82) is 0 Å². The molecule has 0 saturated carbocycles. The van der Waals surface area contributed by atoms with Crippen LogP contribution in [0.4, 0.5) is 13.2 Å². The Balaban J connectivity index is 2.52. The number of nitrogens with zero attached hydrogens (tertiary/aromatic N) is 2. The van der Waals surface area contributed by atoms with Gasteiger partial charge in [-0.2, -0.15) is 4.98 Å². The Morgan fingerprint density at radius 1 is 1.29 bits per heavy atom. The van der Waals surface area contributed by atoms with Gasteiger partial charge >= 0.3 is 5.97 Å². The van der Waals surface area contributed by atoms with E-state index in [4.69, 9.17) is 5.11 Å². The van der Waals surface area contributed by atoms with Gasteiger partial charge in [0.15, 0.2) is 22.6 Å². The zero-order valence-electron chi connectivity index (χ0n) is 10.2. The van der Waals surface area contributed by atoms with E-state index in [0.717, 1.165) is 22.8 Å². The predicted molar refractivity (Wildman–Crippen MR) is 68.1 cm³/mol. The normalized spacial score (nSPS) is 10.6. The number of carboxylic acids is 1. The maximum atomic E-state index is 13.2. The molecule has 9 heteroatoms. The lowest BCUT2D eigenvalue weighted by Crippen LogP contribution is -2.13. The summed E-state index contributed by atoms with van der Waals surface area (Å²) < 4.78 is 40.5. The van der Waals surface area contributed by atoms with Crippen molar-refractivity contribution in [2.45, 2.75) is 5.16 Å². The number of carbonyl (C=O) groups is 1. The molecule has 0 fully saturated rings. The predicted octanol–water partition coefficient (Wildman–Crippen LogP) is 1.83. The summed E-state index contributed by atoms with van der Waals surface area (Å²) in [6.45, 7) is 0. The van der Waals surface area contributed by atoms with Crippen molar-refractivity contribution in [3.8, 4) is 5.69 Å². The van der Waals surface area contributed by atoms with E-state index < -0.39 is 34.7 Å². The summed E-state index contributed by atoms with van der Waals surface area (Å²) in [6.07, 6.45) is 1.17. The highest BCUT2D eigenvalue weighted by molar-refractivity contribution is 7.99. The number of carboxylic acid groups (broad SMARTS) is 1. The van der Waals surface area contributed by atoms with E-state index in [1.807, 2.05) is 0 Å².